The molecule has 0 saturated heterocycles. The highest BCUT2D eigenvalue weighted by Gasteiger charge is 2.38. The number of ether oxygens (including phenoxy) is 3. The Balaban J connectivity index is 1.94. The van der Waals surface area contributed by atoms with Gasteiger partial charge in [0, 0.05) is 30.6 Å². The highest BCUT2D eigenvalue weighted by Crippen LogP contribution is 2.40. The topological polar surface area (TPSA) is 117 Å². The summed E-state index contributed by atoms with van der Waals surface area (Å²) < 4.78 is 15.8. The summed E-state index contributed by atoms with van der Waals surface area (Å²) in [6, 6.07) is 15.4. The van der Waals surface area contributed by atoms with Crippen LogP contribution in [0.2, 0.25) is 0 Å². The molecule has 3 rings (SSSR count). The number of nitro groups is 1. The summed E-state index contributed by atoms with van der Waals surface area (Å²) in [4.78, 5) is 37.3. The molecule has 2 aromatic rings. The lowest BCUT2D eigenvalue weighted by Crippen LogP contribution is -2.32. The summed E-state index contributed by atoms with van der Waals surface area (Å²) in [5, 5.41) is 14.5. The number of carbonyl (C=O) groups is 2. The molecule has 9 nitrogen and oxygen atoms in total. The van der Waals surface area contributed by atoms with Gasteiger partial charge in [0.2, 0.25) is 0 Å². The molecule has 1 aliphatic rings. The fourth-order valence-corrected chi connectivity index (χ4v) is 3.93. The van der Waals surface area contributed by atoms with E-state index in [0.717, 1.165) is 5.56 Å². The summed E-state index contributed by atoms with van der Waals surface area (Å²) in [6.45, 7) is 3.59. The fraction of sp³-hybridized carbons (Fsp3) is 0.259. The van der Waals surface area contributed by atoms with E-state index in [-0.39, 0.29) is 36.7 Å². The minimum absolute atomic E-state index is 0.00246. The number of hydrogen-bond acceptors (Lipinski definition) is 8. The molecule has 0 saturated carbocycles. The molecular formula is C27H28N2O7. The van der Waals surface area contributed by atoms with E-state index >= 15 is 0 Å². The number of benzene rings is 2. The Morgan fingerprint density at radius 3 is 2.28 bits per heavy atom. The Bertz CT molecular complexity index is 1220. The number of methoxy groups -OCH3 is 1. The average Bonchev–Trinajstić information content (AvgIpc) is 2.86. The minimum atomic E-state index is -0.924. The summed E-state index contributed by atoms with van der Waals surface area (Å²) in [5.74, 6) is -2.23. The van der Waals surface area contributed by atoms with Crippen LogP contribution in [0.3, 0.4) is 0 Å². The van der Waals surface area contributed by atoms with Crippen LogP contribution in [0.15, 0.2) is 83.2 Å². The van der Waals surface area contributed by atoms with E-state index in [2.05, 4.69) is 5.32 Å². The van der Waals surface area contributed by atoms with Crippen molar-refractivity contribution in [1.82, 2.24) is 5.32 Å². The molecule has 2 aromatic carbocycles. The zero-order valence-corrected chi connectivity index (χ0v) is 20.4. The van der Waals surface area contributed by atoms with Crippen LogP contribution in [0.4, 0.5) is 5.69 Å². The minimum Gasteiger partial charge on any atom is -0.460 e. The van der Waals surface area contributed by atoms with Crippen molar-refractivity contribution in [2.45, 2.75) is 19.8 Å². The molecule has 1 atom stereocenters. The van der Waals surface area contributed by atoms with Crippen LogP contribution in [0.5, 0.6) is 0 Å². The van der Waals surface area contributed by atoms with E-state index in [9.17, 15) is 19.7 Å². The van der Waals surface area contributed by atoms with E-state index in [1.165, 1.54) is 25.3 Å². The largest absolute Gasteiger partial charge is 0.460 e. The van der Waals surface area contributed by atoms with Gasteiger partial charge in [-0.2, -0.15) is 0 Å². The first-order chi connectivity index (χ1) is 17.3. The summed E-state index contributed by atoms with van der Waals surface area (Å²) in [7, 11) is 1.48. The van der Waals surface area contributed by atoms with Crippen molar-refractivity contribution < 1.29 is 28.7 Å². The molecule has 0 unspecified atom stereocenters. The maximum absolute atomic E-state index is 13.3. The van der Waals surface area contributed by atoms with Gasteiger partial charge in [0.1, 0.15) is 13.2 Å². The number of nitro benzene ring substituents is 1. The van der Waals surface area contributed by atoms with E-state index in [0.29, 0.717) is 17.0 Å². The van der Waals surface area contributed by atoms with Crippen molar-refractivity contribution in [3.63, 3.8) is 0 Å². The highest BCUT2D eigenvalue weighted by molar-refractivity contribution is 6.00. The monoisotopic (exact) mass is 492 g/mol. The first-order valence-corrected chi connectivity index (χ1v) is 11.3. The smallest absolute Gasteiger partial charge is 0.337 e. The van der Waals surface area contributed by atoms with E-state index < -0.39 is 22.8 Å². The third kappa shape index (κ3) is 6.45. The second kappa shape index (κ2) is 12.5. The van der Waals surface area contributed by atoms with Crippen molar-refractivity contribution in [3.8, 4) is 0 Å². The molecule has 0 bridgehead atoms. The number of nitrogens with one attached hydrogen (secondary N) is 1. The molecule has 0 amide bonds. The van der Waals surface area contributed by atoms with Gasteiger partial charge in [0.25, 0.3) is 5.69 Å². The van der Waals surface area contributed by atoms with Gasteiger partial charge in [-0.1, -0.05) is 48.5 Å². The maximum atomic E-state index is 13.3. The van der Waals surface area contributed by atoms with Crippen LogP contribution >= 0.6 is 0 Å². The highest BCUT2D eigenvalue weighted by atomic mass is 16.6. The van der Waals surface area contributed by atoms with Crippen molar-refractivity contribution in [2.24, 2.45) is 0 Å². The quantitative estimate of drug-likeness (QED) is 0.226. The number of allylic oxidation sites excluding steroid dienone is 2. The number of nitrogens with zero attached hydrogens (tertiary/aromatic N) is 1. The number of dihydropyridines is 1. The number of carbonyl (C=O) groups excluding carboxylic acids is 2. The third-order valence-corrected chi connectivity index (χ3v) is 5.56. The van der Waals surface area contributed by atoms with Crippen molar-refractivity contribution in [1.29, 1.82) is 0 Å². The predicted molar refractivity (Wildman–Crippen MR) is 134 cm³/mol. The number of non-ortho nitro benzene ring substituents is 1. The Hall–Kier alpha value is -4.24. The fourth-order valence-electron chi connectivity index (χ4n) is 3.93. The summed E-state index contributed by atoms with van der Waals surface area (Å²) >= 11 is 0. The zero-order valence-electron chi connectivity index (χ0n) is 20.4. The maximum Gasteiger partial charge on any atom is 0.337 e. The molecule has 0 fully saturated rings. The third-order valence-electron chi connectivity index (χ3n) is 5.56. The molecule has 9 heteroatoms. The SMILES string of the molecule is COCCOC(=O)C1=C(C)NC(C)=C(C(=O)OC/C=C/c2ccccc2)[C@H]1c1cccc([N+](=O)[O-])c1. The molecule has 188 valence electrons. The second-order valence-corrected chi connectivity index (χ2v) is 8.03. The molecule has 36 heavy (non-hydrogen) atoms. The van der Waals surface area contributed by atoms with Gasteiger partial charge in [-0.3, -0.25) is 10.1 Å². The van der Waals surface area contributed by atoms with E-state index in [4.69, 9.17) is 14.2 Å². The van der Waals surface area contributed by atoms with Crippen LogP contribution in [0.1, 0.15) is 30.9 Å². The van der Waals surface area contributed by atoms with Gasteiger partial charge in [0.05, 0.1) is 28.6 Å². The average molecular weight is 493 g/mol. The Morgan fingerprint density at radius 2 is 1.64 bits per heavy atom. The molecule has 0 radical (unpaired) electrons. The van der Waals surface area contributed by atoms with Gasteiger partial charge < -0.3 is 19.5 Å². The second-order valence-electron chi connectivity index (χ2n) is 8.03. The van der Waals surface area contributed by atoms with Crippen molar-refractivity contribution >= 4 is 23.7 Å². The normalized spacial score (nSPS) is 15.6. The van der Waals surface area contributed by atoms with Crippen LogP contribution in [-0.4, -0.2) is 43.8 Å². The van der Waals surface area contributed by atoms with Crippen LogP contribution in [-0.2, 0) is 23.8 Å². The molecule has 1 aliphatic heterocycles. The zero-order chi connectivity index (χ0) is 26.1. The van der Waals surface area contributed by atoms with Crippen LogP contribution in [0.25, 0.3) is 6.08 Å². The molecule has 0 aliphatic carbocycles. The number of rotatable bonds is 10. The van der Waals surface area contributed by atoms with Gasteiger partial charge in [-0.25, -0.2) is 9.59 Å². The first-order valence-electron chi connectivity index (χ1n) is 11.3. The van der Waals surface area contributed by atoms with Gasteiger partial charge in [-0.15, -0.1) is 0 Å². The lowest BCUT2D eigenvalue weighted by molar-refractivity contribution is -0.384. The summed E-state index contributed by atoms with van der Waals surface area (Å²) in [6.07, 6.45) is 3.54. The number of hydrogen-bond donors (Lipinski definition) is 1. The first kappa shape index (κ1) is 26.4. The van der Waals surface area contributed by atoms with E-state index in [1.807, 2.05) is 36.4 Å². The Kier molecular flexibility index (Phi) is 9.13. The van der Waals surface area contributed by atoms with Crippen molar-refractivity contribution in [2.75, 3.05) is 26.9 Å². The lowest BCUT2D eigenvalue weighted by Gasteiger charge is -2.30. The predicted octanol–water partition coefficient (Wildman–Crippen LogP) is 4.28. The number of esters is 2. The van der Waals surface area contributed by atoms with Gasteiger partial charge >= 0.3 is 11.9 Å². The van der Waals surface area contributed by atoms with Gasteiger partial charge in [0.15, 0.2) is 0 Å². The molecule has 0 aromatic heterocycles. The van der Waals surface area contributed by atoms with Crippen molar-refractivity contribution in [3.05, 3.63) is 104 Å². The Labute approximate surface area is 209 Å². The summed E-state index contributed by atoms with van der Waals surface area (Å²) in [5.41, 5.74) is 2.50. The lowest BCUT2D eigenvalue weighted by atomic mass is 9.80. The molecule has 1 N–H and O–H groups in total. The van der Waals surface area contributed by atoms with Crippen LogP contribution < -0.4 is 5.32 Å². The Morgan fingerprint density at radius 1 is 0.972 bits per heavy atom. The van der Waals surface area contributed by atoms with Gasteiger partial charge in [-0.05, 0) is 31.1 Å². The molecule has 1 heterocycles. The molecule has 0 spiro atoms. The van der Waals surface area contributed by atoms with Crippen LogP contribution in [0, 0.1) is 10.1 Å². The van der Waals surface area contributed by atoms with E-state index in [1.54, 1.807) is 26.0 Å². The molecular weight excluding hydrogens is 464 g/mol. The standard InChI is InChI=1S/C27H28N2O7/c1-18-23(26(30)35-14-8-11-20-9-5-4-6-10-20)25(21-12-7-13-22(17-21)29(32)33)24(19(2)28-18)27(31)36-16-15-34-3/h4-13,17,25,28H,14-16H2,1-3H3/b11-8+/t25-/m1/s1.